The number of piperidine rings is 1. The zero-order chi connectivity index (χ0) is 19.1. The maximum Gasteiger partial charge on any atom is 0.262 e. The van der Waals surface area contributed by atoms with Gasteiger partial charge in [-0.15, -0.1) is 0 Å². The number of nitrogens with zero attached hydrogens (tertiary/aromatic N) is 1. The summed E-state index contributed by atoms with van der Waals surface area (Å²) in [5.74, 6) is 0.930. The number of hydrogen-bond donors (Lipinski definition) is 1. The first-order chi connectivity index (χ1) is 13.2. The van der Waals surface area contributed by atoms with E-state index in [0.29, 0.717) is 11.5 Å². The van der Waals surface area contributed by atoms with Gasteiger partial charge >= 0.3 is 0 Å². The average Bonchev–Trinajstić information content (AvgIpc) is 2.73. The number of amides is 1. The third kappa shape index (κ3) is 5.14. The Bertz CT molecular complexity index is 748. The maximum atomic E-state index is 12.1. The van der Waals surface area contributed by atoms with Crippen LogP contribution in [0, 0.1) is 0 Å². The Hall–Kier alpha value is -2.73. The molecule has 1 fully saturated rings. The minimum atomic E-state index is -0.217. The smallest absolute Gasteiger partial charge is 0.262 e. The number of ether oxygens (including phenoxy) is 3. The fraction of sp³-hybridized carbons (Fsp3) is 0.381. The number of rotatable bonds is 7. The van der Waals surface area contributed by atoms with Crippen molar-refractivity contribution in [1.82, 2.24) is 0 Å². The third-order valence-electron chi connectivity index (χ3n) is 4.66. The van der Waals surface area contributed by atoms with Gasteiger partial charge in [-0.25, -0.2) is 0 Å². The number of nitrogens with one attached hydrogen (secondary N) is 1. The molecule has 3 rings (SSSR count). The first-order valence-electron chi connectivity index (χ1n) is 9.13. The summed E-state index contributed by atoms with van der Waals surface area (Å²) in [6.07, 6.45) is 2.51. The monoisotopic (exact) mass is 370 g/mol. The molecule has 0 radical (unpaired) electrons. The normalized spacial score (nSPS) is 16.7. The van der Waals surface area contributed by atoms with Crippen LogP contribution in [-0.4, -0.2) is 45.9 Å². The number of benzene rings is 2. The molecule has 1 heterocycles. The van der Waals surface area contributed by atoms with E-state index in [9.17, 15) is 4.79 Å². The molecule has 144 valence electrons. The van der Waals surface area contributed by atoms with Crippen molar-refractivity contribution in [3.05, 3.63) is 48.5 Å². The third-order valence-corrected chi connectivity index (χ3v) is 4.66. The molecule has 1 aliphatic rings. The van der Waals surface area contributed by atoms with Crippen molar-refractivity contribution in [3.8, 4) is 11.5 Å². The molecule has 0 bridgehead atoms. The molecule has 1 aliphatic heterocycles. The number of carbonyl (C=O) groups excluding carboxylic acids is 1. The Kier molecular flexibility index (Phi) is 6.54. The van der Waals surface area contributed by atoms with Crippen molar-refractivity contribution in [2.45, 2.75) is 18.9 Å². The highest BCUT2D eigenvalue weighted by Gasteiger charge is 2.19. The molecule has 6 nitrogen and oxygen atoms in total. The van der Waals surface area contributed by atoms with Gasteiger partial charge < -0.3 is 24.4 Å². The van der Waals surface area contributed by atoms with Crippen LogP contribution in [0.4, 0.5) is 11.4 Å². The molecular formula is C21H26N2O4. The molecule has 1 amide bonds. The fourth-order valence-electron chi connectivity index (χ4n) is 3.20. The van der Waals surface area contributed by atoms with Crippen LogP contribution in [-0.2, 0) is 9.53 Å². The summed E-state index contributed by atoms with van der Waals surface area (Å²) in [5.41, 5.74) is 1.88. The molecule has 0 aromatic heterocycles. The second-order valence-corrected chi connectivity index (χ2v) is 6.48. The molecule has 0 spiro atoms. The van der Waals surface area contributed by atoms with E-state index >= 15 is 0 Å². The number of hydrogen-bond acceptors (Lipinski definition) is 5. The Morgan fingerprint density at radius 2 is 1.85 bits per heavy atom. The number of methoxy groups -OCH3 is 2. The van der Waals surface area contributed by atoms with Gasteiger partial charge in [0.2, 0.25) is 0 Å². The molecule has 27 heavy (non-hydrogen) atoms. The number of carbonyl (C=O) groups is 1. The first kappa shape index (κ1) is 19.0. The highest BCUT2D eigenvalue weighted by molar-refractivity contribution is 5.92. The van der Waals surface area contributed by atoms with Gasteiger partial charge in [0.15, 0.2) is 18.1 Å². The number of para-hydroxylation sites is 2. The second-order valence-electron chi connectivity index (χ2n) is 6.48. The van der Waals surface area contributed by atoms with Gasteiger partial charge in [0.25, 0.3) is 5.91 Å². The van der Waals surface area contributed by atoms with Gasteiger partial charge in [-0.1, -0.05) is 12.1 Å². The van der Waals surface area contributed by atoms with Crippen molar-refractivity contribution in [3.63, 3.8) is 0 Å². The van der Waals surface area contributed by atoms with E-state index in [-0.39, 0.29) is 18.6 Å². The Morgan fingerprint density at radius 1 is 1.11 bits per heavy atom. The Morgan fingerprint density at radius 3 is 2.56 bits per heavy atom. The predicted molar refractivity (Wildman–Crippen MR) is 106 cm³/mol. The van der Waals surface area contributed by atoms with Crippen LogP contribution >= 0.6 is 0 Å². The minimum absolute atomic E-state index is 0.0796. The van der Waals surface area contributed by atoms with Crippen LogP contribution in [0.1, 0.15) is 12.8 Å². The summed E-state index contributed by atoms with van der Waals surface area (Å²) in [6, 6.07) is 15.1. The van der Waals surface area contributed by atoms with E-state index < -0.39 is 0 Å². The summed E-state index contributed by atoms with van der Waals surface area (Å²) < 4.78 is 16.2. The molecule has 6 heteroatoms. The van der Waals surface area contributed by atoms with Crippen LogP contribution < -0.4 is 19.7 Å². The van der Waals surface area contributed by atoms with Gasteiger partial charge in [-0.2, -0.15) is 0 Å². The molecule has 0 saturated carbocycles. The summed E-state index contributed by atoms with van der Waals surface area (Å²) in [5, 5.41) is 2.85. The maximum absolute atomic E-state index is 12.1. The van der Waals surface area contributed by atoms with Crippen LogP contribution in [0.15, 0.2) is 48.5 Å². The van der Waals surface area contributed by atoms with Crippen molar-refractivity contribution in [2.24, 2.45) is 0 Å². The Labute approximate surface area is 160 Å². The quantitative estimate of drug-likeness (QED) is 0.810. The van der Waals surface area contributed by atoms with Gasteiger partial charge in [0, 0.05) is 31.6 Å². The lowest BCUT2D eigenvalue weighted by molar-refractivity contribution is -0.118. The minimum Gasteiger partial charge on any atom is -0.493 e. The Balaban J connectivity index is 1.52. The van der Waals surface area contributed by atoms with E-state index in [1.54, 1.807) is 26.4 Å². The molecule has 1 unspecified atom stereocenters. The van der Waals surface area contributed by atoms with Gasteiger partial charge in [-0.3, -0.25) is 4.79 Å². The fourth-order valence-corrected chi connectivity index (χ4v) is 3.20. The van der Waals surface area contributed by atoms with Gasteiger partial charge in [0.05, 0.1) is 13.2 Å². The van der Waals surface area contributed by atoms with Crippen molar-refractivity contribution in [2.75, 3.05) is 44.1 Å². The van der Waals surface area contributed by atoms with E-state index in [4.69, 9.17) is 14.2 Å². The van der Waals surface area contributed by atoms with Gasteiger partial charge in [0.1, 0.15) is 0 Å². The second kappa shape index (κ2) is 9.28. The van der Waals surface area contributed by atoms with E-state index in [2.05, 4.69) is 10.2 Å². The number of anilines is 2. The highest BCUT2D eigenvalue weighted by Crippen LogP contribution is 2.26. The van der Waals surface area contributed by atoms with Crippen LogP contribution in [0.5, 0.6) is 11.5 Å². The van der Waals surface area contributed by atoms with Crippen molar-refractivity contribution in [1.29, 1.82) is 0 Å². The summed E-state index contributed by atoms with van der Waals surface area (Å²) in [7, 11) is 3.33. The zero-order valence-electron chi connectivity index (χ0n) is 15.8. The lowest BCUT2D eigenvalue weighted by Gasteiger charge is -2.33. The van der Waals surface area contributed by atoms with Gasteiger partial charge in [-0.05, 0) is 49.2 Å². The van der Waals surface area contributed by atoms with E-state index in [1.807, 2.05) is 36.4 Å². The zero-order valence-corrected chi connectivity index (χ0v) is 15.8. The van der Waals surface area contributed by atoms with Crippen LogP contribution in [0.3, 0.4) is 0 Å². The summed E-state index contributed by atoms with van der Waals surface area (Å²) >= 11 is 0. The molecule has 2 aromatic carbocycles. The average molecular weight is 370 g/mol. The SMILES string of the molecule is COc1ccccc1OCC(=O)Nc1ccc(N2CCCC(OC)C2)cc1. The summed E-state index contributed by atoms with van der Waals surface area (Å²) in [4.78, 5) is 14.5. The van der Waals surface area contributed by atoms with Crippen molar-refractivity contribution < 1.29 is 19.0 Å². The van der Waals surface area contributed by atoms with E-state index in [1.165, 1.54) is 0 Å². The lowest BCUT2D eigenvalue weighted by Crippen LogP contribution is -2.39. The molecule has 1 saturated heterocycles. The molecule has 1 atom stereocenters. The lowest BCUT2D eigenvalue weighted by atomic mass is 10.1. The summed E-state index contributed by atoms with van der Waals surface area (Å²) in [6.45, 7) is 1.84. The first-order valence-corrected chi connectivity index (χ1v) is 9.13. The van der Waals surface area contributed by atoms with Crippen molar-refractivity contribution >= 4 is 17.3 Å². The molecule has 1 N–H and O–H groups in total. The molecular weight excluding hydrogens is 344 g/mol. The predicted octanol–water partition coefficient (Wildman–Crippen LogP) is 3.33. The van der Waals surface area contributed by atoms with E-state index in [0.717, 1.165) is 37.3 Å². The van der Waals surface area contributed by atoms with Crippen LogP contribution in [0.2, 0.25) is 0 Å². The highest BCUT2D eigenvalue weighted by atomic mass is 16.5. The van der Waals surface area contributed by atoms with Crippen LogP contribution in [0.25, 0.3) is 0 Å². The standard InChI is InChI=1S/C21H26N2O4/c1-25-18-6-5-13-23(14-18)17-11-9-16(10-12-17)22-21(24)15-27-20-8-4-3-7-19(20)26-2/h3-4,7-12,18H,5-6,13-15H2,1-2H3,(H,22,24). The molecule has 0 aliphatic carbocycles. The largest absolute Gasteiger partial charge is 0.493 e. The molecule has 2 aromatic rings. The topological polar surface area (TPSA) is 60.0 Å².